The molecule has 1 aromatic carbocycles. The number of aromatic nitrogens is 1. The van der Waals surface area contributed by atoms with Gasteiger partial charge in [0.05, 0.1) is 21.3 Å². The zero-order valence-electron chi connectivity index (χ0n) is 8.02. The fourth-order valence-corrected chi connectivity index (χ4v) is 1.99. The molecule has 0 unspecified atom stereocenters. The van der Waals surface area contributed by atoms with Gasteiger partial charge in [0.15, 0.2) is 0 Å². The van der Waals surface area contributed by atoms with Gasteiger partial charge in [0.1, 0.15) is 0 Å². The fraction of sp³-hybridized carbons (Fsp3) is 0. The molecule has 0 spiro atoms. The average Bonchev–Trinajstić information content (AvgIpc) is 2.66. The molecule has 3 nitrogen and oxygen atoms in total. The number of carboxylic acids is 1. The predicted molar refractivity (Wildman–Crippen MR) is 62.7 cm³/mol. The lowest BCUT2D eigenvalue weighted by molar-refractivity contribution is 0.0697. The van der Waals surface area contributed by atoms with Crippen LogP contribution >= 0.6 is 23.2 Å². The third-order valence-electron chi connectivity index (χ3n) is 2.14. The van der Waals surface area contributed by atoms with E-state index in [-0.39, 0.29) is 5.56 Å². The Bertz CT molecular complexity index is 528. The van der Waals surface area contributed by atoms with Crippen LogP contribution in [0.5, 0.6) is 0 Å². The highest BCUT2D eigenvalue weighted by molar-refractivity contribution is 6.37. The molecule has 1 aromatic heterocycles. The molecule has 16 heavy (non-hydrogen) atoms. The molecule has 0 amide bonds. The monoisotopic (exact) mass is 255 g/mol. The summed E-state index contributed by atoms with van der Waals surface area (Å²) in [5.74, 6) is -0.984. The molecular weight excluding hydrogens is 249 g/mol. The maximum absolute atomic E-state index is 10.7. The van der Waals surface area contributed by atoms with Gasteiger partial charge in [0.2, 0.25) is 0 Å². The minimum Gasteiger partial charge on any atom is -0.478 e. The van der Waals surface area contributed by atoms with Crippen molar-refractivity contribution in [2.75, 3.05) is 0 Å². The normalized spacial score (nSPS) is 10.4. The first-order valence-electron chi connectivity index (χ1n) is 4.45. The molecule has 0 fully saturated rings. The van der Waals surface area contributed by atoms with Gasteiger partial charge in [0, 0.05) is 12.4 Å². The third kappa shape index (κ3) is 1.92. The number of nitrogens with zero attached hydrogens (tertiary/aromatic N) is 1. The summed E-state index contributed by atoms with van der Waals surface area (Å²) in [6.45, 7) is 0. The van der Waals surface area contributed by atoms with Crippen LogP contribution in [0.1, 0.15) is 10.4 Å². The minimum absolute atomic E-state index is 0.191. The molecule has 1 N–H and O–H groups in total. The van der Waals surface area contributed by atoms with E-state index in [0.29, 0.717) is 15.7 Å². The lowest BCUT2D eigenvalue weighted by Crippen LogP contribution is -1.95. The molecule has 0 radical (unpaired) electrons. The van der Waals surface area contributed by atoms with E-state index >= 15 is 0 Å². The highest BCUT2D eigenvalue weighted by Gasteiger charge is 2.10. The van der Waals surface area contributed by atoms with Gasteiger partial charge in [-0.15, -0.1) is 0 Å². The van der Waals surface area contributed by atoms with Gasteiger partial charge < -0.3 is 9.67 Å². The second-order valence-corrected chi connectivity index (χ2v) is 4.00. The SMILES string of the molecule is O=C(O)c1ccn(-c2c(Cl)cccc2Cl)c1. The van der Waals surface area contributed by atoms with Crippen molar-refractivity contribution in [3.63, 3.8) is 0 Å². The quantitative estimate of drug-likeness (QED) is 0.893. The van der Waals surface area contributed by atoms with Crippen LogP contribution in [-0.4, -0.2) is 15.6 Å². The molecule has 0 saturated carbocycles. The van der Waals surface area contributed by atoms with E-state index in [4.69, 9.17) is 28.3 Å². The Balaban J connectivity index is 2.54. The van der Waals surface area contributed by atoms with Crippen LogP contribution in [0.4, 0.5) is 0 Å². The molecule has 0 saturated heterocycles. The maximum Gasteiger partial charge on any atom is 0.337 e. The zero-order valence-corrected chi connectivity index (χ0v) is 9.53. The number of aromatic carboxylic acids is 1. The van der Waals surface area contributed by atoms with E-state index in [1.54, 1.807) is 29.0 Å². The Kier molecular flexibility index (Phi) is 2.90. The highest BCUT2D eigenvalue weighted by atomic mass is 35.5. The molecule has 5 heteroatoms. The summed E-state index contributed by atoms with van der Waals surface area (Å²) in [4.78, 5) is 10.7. The van der Waals surface area contributed by atoms with E-state index in [9.17, 15) is 4.79 Å². The maximum atomic E-state index is 10.7. The first kappa shape index (κ1) is 11.0. The first-order chi connectivity index (χ1) is 7.59. The summed E-state index contributed by atoms with van der Waals surface area (Å²) in [5.41, 5.74) is 0.773. The molecule has 0 atom stereocenters. The van der Waals surface area contributed by atoms with Gasteiger partial charge in [-0.05, 0) is 18.2 Å². The predicted octanol–water partition coefficient (Wildman–Crippen LogP) is 3.48. The highest BCUT2D eigenvalue weighted by Crippen LogP contribution is 2.28. The van der Waals surface area contributed by atoms with Crippen molar-refractivity contribution >= 4 is 29.2 Å². The molecule has 0 aliphatic carbocycles. The Labute approximate surface area is 102 Å². The number of benzene rings is 1. The average molecular weight is 256 g/mol. The molecule has 1 heterocycles. The summed E-state index contributed by atoms with van der Waals surface area (Å²) < 4.78 is 1.59. The molecule has 2 aromatic rings. The van der Waals surface area contributed by atoms with E-state index in [0.717, 1.165) is 0 Å². The van der Waals surface area contributed by atoms with Crippen LogP contribution in [0, 0.1) is 0 Å². The second kappa shape index (κ2) is 4.20. The van der Waals surface area contributed by atoms with Crippen LogP contribution in [-0.2, 0) is 0 Å². The van der Waals surface area contributed by atoms with Crippen molar-refractivity contribution in [1.29, 1.82) is 0 Å². The Morgan fingerprint density at radius 1 is 1.19 bits per heavy atom. The summed E-state index contributed by atoms with van der Waals surface area (Å²) in [5, 5.41) is 9.75. The molecular formula is C11H7Cl2NO2. The second-order valence-electron chi connectivity index (χ2n) is 3.18. The minimum atomic E-state index is -0.984. The lowest BCUT2D eigenvalue weighted by atomic mass is 10.3. The van der Waals surface area contributed by atoms with Crippen molar-refractivity contribution in [3.05, 3.63) is 52.3 Å². The van der Waals surface area contributed by atoms with Crippen LogP contribution in [0.25, 0.3) is 5.69 Å². The van der Waals surface area contributed by atoms with E-state index in [1.165, 1.54) is 12.3 Å². The van der Waals surface area contributed by atoms with E-state index < -0.39 is 5.97 Å². The summed E-state index contributed by atoms with van der Waals surface area (Å²) in [6.07, 6.45) is 3.08. The Hall–Kier alpha value is -1.45. The summed E-state index contributed by atoms with van der Waals surface area (Å²) >= 11 is 12.0. The number of rotatable bonds is 2. The topological polar surface area (TPSA) is 42.2 Å². The van der Waals surface area contributed by atoms with Gasteiger partial charge in [-0.25, -0.2) is 4.79 Å². The Morgan fingerprint density at radius 2 is 1.81 bits per heavy atom. The molecule has 2 rings (SSSR count). The van der Waals surface area contributed by atoms with Crippen LogP contribution in [0.2, 0.25) is 10.0 Å². The van der Waals surface area contributed by atoms with Gasteiger partial charge in [-0.3, -0.25) is 0 Å². The van der Waals surface area contributed by atoms with Crippen molar-refractivity contribution in [1.82, 2.24) is 4.57 Å². The lowest BCUT2D eigenvalue weighted by Gasteiger charge is -2.07. The van der Waals surface area contributed by atoms with Crippen molar-refractivity contribution in [2.24, 2.45) is 0 Å². The van der Waals surface area contributed by atoms with Crippen molar-refractivity contribution in [3.8, 4) is 5.69 Å². The van der Waals surface area contributed by atoms with E-state index in [2.05, 4.69) is 0 Å². The van der Waals surface area contributed by atoms with Gasteiger partial charge in [0.25, 0.3) is 0 Å². The molecule has 0 aliphatic heterocycles. The van der Waals surface area contributed by atoms with Crippen LogP contribution in [0.15, 0.2) is 36.7 Å². The van der Waals surface area contributed by atoms with Crippen LogP contribution in [0.3, 0.4) is 0 Å². The van der Waals surface area contributed by atoms with Gasteiger partial charge >= 0.3 is 5.97 Å². The van der Waals surface area contributed by atoms with E-state index in [1.807, 2.05) is 0 Å². The number of para-hydroxylation sites is 1. The largest absolute Gasteiger partial charge is 0.478 e. The number of hydrogen-bond donors (Lipinski definition) is 1. The smallest absolute Gasteiger partial charge is 0.337 e. The number of hydrogen-bond acceptors (Lipinski definition) is 1. The van der Waals surface area contributed by atoms with Crippen molar-refractivity contribution < 1.29 is 9.90 Å². The zero-order chi connectivity index (χ0) is 11.7. The number of halogens is 2. The molecule has 0 aliphatic rings. The van der Waals surface area contributed by atoms with Crippen LogP contribution < -0.4 is 0 Å². The molecule has 82 valence electrons. The van der Waals surface area contributed by atoms with Gasteiger partial charge in [-0.2, -0.15) is 0 Å². The van der Waals surface area contributed by atoms with Gasteiger partial charge in [-0.1, -0.05) is 29.3 Å². The number of carboxylic acid groups (broad SMARTS) is 1. The summed E-state index contributed by atoms with van der Waals surface area (Å²) in [6, 6.07) is 6.62. The van der Waals surface area contributed by atoms with Crippen molar-refractivity contribution in [2.45, 2.75) is 0 Å². The standard InChI is InChI=1S/C11H7Cl2NO2/c12-8-2-1-3-9(13)10(8)14-5-4-7(6-14)11(15)16/h1-6H,(H,15,16). The molecule has 0 bridgehead atoms. The third-order valence-corrected chi connectivity index (χ3v) is 2.75. The fourth-order valence-electron chi connectivity index (χ4n) is 1.40. The summed E-state index contributed by atoms with van der Waals surface area (Å²) in [7, 11) is 0. The number of carbonyl (C=O) groups is 1. The first-order valence-corrected chi connectivity index (χ1v) is 5.21. The Morgan fingerprint density at radius 3 is 2.31 bits per heavy atom.